The fraction of sp³-hybridized carbons (Fsp3) is 0.462. The van der Waals surface area contributed by atoms with Crippen molar-refractivity contribution in [2.24, 2.45) is 29.1 Å². The van der Waals surface area contributed by atoms with Crippen molar-refractivity contribution in [2.45, 2.75) is 64.3 Å². The number of nitrogens with zero attached hydrogens (tertiary/aromatic N) is 4. The molecule has 2 heterocycles. The van der Waals surface area contributed by atoms with Crippen molar-refractivity contribution in [3.8, 4) is 11.1 Å². The van der Waals surface area contributed by atoms with Crippen molar-refractivity contribution >= 4 is 52.7 Å². The average molecular weight is 662 g/mol. The summed E-state index contributed by atoms with van der Waals surface area (Å²) in [5, 5.41) is 5.46. The number of ketones is 2. The van der Waals surface area contributed by atoms with Gasteiger partial charge in [0.05, 0.1) is 19.4 Å². The Hall–Kier alpha value is -4.04. The van der Waals surface area contributed by atoms with E-state index in [0.29, 0.717) is 35.0 Å². The molecule has 246 valence electrons. The summed E-state index contributed by atoms with van der Waals surface area (Å²) in [6.45, 7) is 5.03. The van der Waals surface area contributed by atoms with Crippen molar-refractivity contribution in [1.82, 2.24) is 15.3 Å². The van der Waals surface area contributed by atoms with Gasteiger partial charge in [-0.25, -0.2) is 9.97 Å². The number of hydrogen-bond donors (Lipinski definition) is 1. The van der Waals surface area contributed by atoms with Crippen molar-refractivity contribution < 1.29 is 14.4 Å². The summed E-state index contributed by atoms with van der Waals surface area (Å²) in [5.41, 5.74) is 3.23. The molecule has 0 saturated heterocycles. The Balaban J connectivity index is 0.998. The predicted octanol–water partition coefficient (Wildman–Crippen LogP) is 5.00. The number of carbonyl (C=O) groups excluding carboxylic acids is 3. The number of anilines is 2. The van der Waals surface area contributed by atoms with Crippen molar-refractivity contribution in [1.29, 1.82) is 0 Å². The van der Waals surface area contributed by atoms with Gasteiger partial charge in [0, 0.05) is 23.0 Å². The first kappa shape index (κ1) is 30.1. The maximum absolute atomic E-state index is 14.3. The zero-order chi connectivity index (χ0) is 32.9. The predicted molar refractivity (Wildman–Crippen MR) is 186 cm³/mol. The molecule has 0 radical (unpaired) electrons. The van der Waals surface area contributed by atoms with Crippen molar-refractivity contribution in [3.63, 3.8) is 0 Å². The van der Waals surface area contributed by atoms with E-state index in [0.717, 1.165) is 57.0 Å². The Morgan fingerprint density at radius 1 is 1.00 bits per heavy atom. The topological polar surface area (TPSA) is 95.5 Å². The lowest BCUT2D eigenvalue weighted by Gasteiger charge is -2.57. The first-order chi connectivity index (χ1) is 23.1. The smallest absolute Gasteiger partial charge is 0.239 e. The van der Waals surface area contributed by atoms with E-state index in [9.17, 15) is 14.4 Å². The second-order valence-corrected chi connectivity index (χ2v) is 16.0. The Morgan fingerprint density at radius 3 is 2.48 bits per heavy atom. The van der Waals surface area contributed by atoms with Gasteiger partial charge in [0.1, 0.15) is 17.6 Å². The summed E-state index contributed by atoms with van der Waals surface area (Å²) in [6, 6.07) is 9.43. The van der Waals surface area contributed by atoms with Crippen LogP contribution in [-0.4, -0.2) is 47.2 Å². The van der Waals surface area contributed by atoms with E-state index in [1.807, 2.05) is 47.9 Å². The lowest BCUT2D eigenvalue weighted by molar-refractivity contribution is -0.126. The zero-order valence-electron chi connectivity index (χ0n) is 27.5. The Bertz CT molecular complexity index is 2010. The van der Waals surface area contributed by atoms with Crippen LogP contribution >= 0.6 is 11.6 Å². The molecule has 8 nitrogen and oxygen atoms in total. The van der Waals surface area contributed by atoms with E-state index >= 15 is 0 Å². The zero-order valence-corrected chi connectivity index (χ0v) is 28.2. The number of halogens is 1. The third-order valence-electron chi connectivity index (χ3n) is 12.5. The molecule has 0 spiro atoms. The largest absolute Gasteiger partial charge is 0.355 e. The number of Topliss-reactive ketones (excluding diaryl/α,β-unsaturated/α-hetero) is 2. The van der Waals surface area contributed by atoms with E-state index in [1.54, 1.807) is 24.4 Å². The van der Waals surface area contributed by atoms with Crippen LogP contribution in [0.25, 0.3) is 23.3 Å². The van der Waals surface area contributed by atoms with Crippen molar-refractivity contribution in [3.05, 3.63) is 69.4 Å². The molecule has 9 heteroatoms. The van der Waals surface area contributed by atoms with E-state index in [1.165, 1.54) is 44.9 Å². The Labute approximate surface area is 285 Å². The number of amides is 1. The van der Waals surface area contributed by atoms with Crippen LogP contribution < -0.4 is 25.6 Å². The summed E-state index contributed by atoms with van der Waals surface area (Å²) < 4.78 is 0. The van der Waals surface area contributed by atoms with Gasteiger partial charge in [-0.1, -0.05) is 42.8 Å². The van der Waals surface area contributed by atoms with E-state index < -0.39 is 11.5 Å². The van der Waals surface area contributed by atoms with Crippen LogP contribution in [0.1, 0.15) is 74.7 Å². The number of nitrogens with one attached hydrogen (secondary N) is 1. The molecule has 3 aromatic rings. The van der Waals surface area contributed by atoms with Crippen LogP contribution in [0.3, 0.4) is 0 Å². The summed E-state index contributed by atoms with van der Waals surface area (Å²) >= 11 is 6.24. The van der Waals surface area contributed by atoms with Gasteiger partial charge in [0.15, 0.2) is 17.4 Å². The van der Waals surface area contributed by atoms with Gasteiger partial charge in [0.2, 0.25) is 5.91 Å². The SMILES string of the molecule is CC1C=c2c(ccc3c2=CC(=O)c2cc(Cl)ccc2-3)C(C)(N2CN(CC(=O)NCCC34CC5CC(CC(C5)C3)C4)c3cncnc32)C1=O. The van der Waals surface area contributed by atoms with Gasteiger partial charge in [-0.05, 0) is 120 Å². The first-order valence-electron chi connectivity index (χ1n) is 17.5. The van der Waals surface area contributed by atoms with Crippen LogP contribution in [0.5, 0.6) is 0 Å². The molecule has 2 atom stereocenters. The number of hydrogen-bond acceptors (Lipinski definition) is 7. The highest BCUT2D eigenvalue weighted by Crippen LogP contribution is 2.61. The highest BCUT2D eigenvalue weighted by atomic mass is 35.5. The fourth-order valence-electron chi connectivity index (χ4n) is 10.8. The van der Waals surface area contributed by atoms with Gasteiger partial charge in [-0.2, -0.15) is 0 Å². The molecule has 1 aromatic heterocycles. The number of carbonyl (C=O) groups is 3. The minimum Gasteiger partial charge on any atom is -0.355 e. The minimum atomic E-state index is -1.09. The molecule has 4 bridgehead atoms. The standard InChI is InChI=1S/C39H40ClN5O3/c1-22-9-30-29-14-34(46)31-13-26(40)3-4-28(31)27(29)5-6-32(30)38(2,36(22)48)45-21-44(33-18-41-20-43-37(33)45)19-35(47)42-8-7-39-15-23-10-24(16-39)12-25(11-23)17-39/h3-6,9,13-14,18,20,22-25H,7-8,10-12,15-17,19,21H2,1-2H3,(H,42,47). The van der Waals surface area contributed by atoms with Gasteiger partial charge < -0.3 is 15.1 Å². The lowest BCUT2D eigenvalue weighted by atomic mass is 9.49. The third kappa shape index (κ3) is 4.51. The van der Waals surface area contributed by atoms with Gasteiger partial charge >= 0.3 is 0 Å². The van der Waals surface area contributed by atoms with Crippen LogP contribution in [0.15, 0.2) is 42.9 Å². The van der Waals surface area contributed by atoms with Gasteiger partial charge in [-0.15, -0.1) is 0 Å². The van der Waals surface area contributed by atoms with E-state index in [-0.39, 0.29) is 24.0 Å². The summed E-state index contributed by atoms with van der Waals surface area (Å²) in [4.78, 5) is 54.0. The second-order valence-electron chi connectivity index (χ2n) is 15.6. The third-order valence-corrected chi connectivity index (χ3v) is 12.8. The number of rotatable bonds is 6. The minimum absolute atomic E-state index is 0.0282. The summed E-state index contributed by atoms with van der Waals surface area (Å²) in [7, 11) is 0. The Morgan fingerprint density at radius 2 is 1.73 bits per heavy atom. The average Bonchev–Trinajstić information content (AvgIpc) is 3.42. The maximum Gasteiger partial charge on any atom is 0.239 e. The van der Waals surface area contributed by atoms with Crippen molar-refractivity contribution in [2.75, 3.05) is 29.6 Å². The molecule has 2 aromatic carbocycles. The number of aromatic nitrogens is 2. The second kappa shape index (κ2) is 10.7. The highest BCUT2D eigenvalue weighted by Gasteiger charge is 2.51. The molecule has 10 rings (SSSR count). The number of fused-ring (bicyclic) bond motifs is 6. The molecule has 48 heavy (non-hydrogen) atoms. The highest BCUT2D eigenvalue weighted by molar-refractivity contribution is 6.32. The van der Waals surface area contributed by atoms with Gasteiger partial charge in [-0.3, -0.25) is 14.4 Å². The fourth-order valence-corrected chi connectivity index (χ4v) is 11.0. The first-order valence-corrected chi connectivity index (χ1v) is 17.8. The van der Waals surface area contributed by atoms with Crippen LogP contribution in [0.4, 0.5) is 11.5 Å². The summed E-state index contributed by atoms with van der Waals surface area (Å²) in [5.74, 6) is 2.81. The van der Waals surface area contributed by atoms with E-state index in [4.69, 9.17) is 11.6 Å². The summed E-state index contributed by atoms with van der Waals surface area (Å²) in [6.07, 6.45) is 16.2. The molecule has 1 N–H and O–H groups in total. The maximum atomic E-state index is 14.3. The lowest BCUT2D eigenvalue weighted by Crippen LogP contribution is -2.59. The number of benzene rings is 2. The molecule has 7 aliphatic rings. The monoisotopic (exact) mass is 661 g/mol. The van der Waals surface area contributed by atoms with Gasteiger partial charge in [0.25, 0.3) is 0 Å². The molecule has 2 unspecified atom stereocenters. The molecule has 6 aliphatic carbocycles. The Kier molecular flexibility index (Phi) is 6.72. The van der Waals surface area contributed by atoms with E-state index in [2.05, 4.69) is 15.3 Å². The van der Waals surface area contributed by atoms with Crippen LogP contribution in [0, 0.1) is 29.1 Å². The molecular formula is C39H40ClN5O3. The quantitative estimate of drug-likeness (QED) is 0.398. The normalized spacial score (nSPS) is 30.6. The van der Waals surface area contributed by atoms with Crippen LogP contribution in [0.2, 0.25) is 5.02 Å². The van der Waals surface area contributed by atoms with Crippen LogP contribution in [-0.2, 0) is 15.1 Å². The molecule has 4 fully saturated rings. The molecular weight excluding hydrogens is 622 g/mol. The molecule has 4 saturated carbocycles. The molecule has 1 amide bonds. The molecule has 1 aliphatic heterocycles.